The number of carbonyl (C=O) groups is 2. The molecule has 0 spiro atoms. The summed E-state index contributed by atoms with van der Waals surface area (Å²) in [6.07, 6.45) is -0.524. The number of hydrogen-bond donors (Lipinski definition) is 1. The Morgan fingerprint density at radius 1 is 0.925 bits per heavy atom. The number of halogens is 2. The zero-order valence-electron chi connectivity index (χ0n) is 24.1. The first-order valence-corrected chi connectivity index (χ1v) is 13.9. The van der Waals surface area contributed by atoms with E-state index in [1.54, 1.807) is 52.0 Å². The van der Waals surface area contributed by atoms with Gasteiger partial charge in [-0.1, -0.05) is 52.3 Å². The fourth-order valence-electron chi connectivity index (χ4n) is 4.04. The van der Waals surface area contributed by atoms with Crippen molar-refractivity contribution in [2.75, 3.05) is 0 Å². The van der Waals surface area contributed by atoms with Crippen molar-refractivity contribution in [1.82, 2.24) is 5.32 Å². The highest BCUT2D eigenvalue weighted by atomic mass is 79.9. The van der Waals surface area contributed by atoms with Gasteiger partial charge in [-0.25, -0.2) is 9.18 Å². The van der Waals surface area contributed by atoms with Crippen LogP contribution in [0.5, 0.6) is 5.75 Å². The van der Waals surface area contributed by atoms with Gasteiger partial charge in [0, 0.05) is 21.2 Å². The molecule has 0 aliphatic rings. The third kappa shape index (κ3) is 9.37. The molecule has 0 radical (unpaired) electrons. The molecule has 0 aromatic heterocycles. The van der Waals surface area contributed by atoms with Gasteiger partial charge in [0.05, 0.1) is 12.5 Å². The Labute approximate surface area is 244 Å². The lowest BCUT2D eigenvalue weighted by Gasteiger charge is -2.22. The highest BCUT2D eigenvalue weighted by molar-refractivity contribution is 9.10. The number of esters is 1. The molecule has 0 saturated heterocycles. The van der Waals surface area contributed by atoms with Gasteiger partial charge in [-0.05, 0) is 83.9 Å². The van der Waals surface area contributed by atoms with E-state index in [0.717, 1.165) is 15.6 Å². The van der Waals surface area contributed by atoms with Gasteiger partial charge in [-0.3, -0.25) is 4.79 Å². The number of alkyl carbamates (subject to hydrolysis) is 1. The van der Waals surface area contributed by atoms with E-state index in [0.29, 0.717) is 22.4 Å². The molecule has 1 amide bonds. The minimum Gasteiger partial charge on any atom is -0.489 e. The molecule has 0 heterocycles. The summed E-state index contributed by atoms with van der Waals surface area (Å²) in [5.74, 6) is -0.192. The standard InChI is InChI=1S/C32H37BrFNO5/c1-20(35-30(37)40-32(5,6)7)25-12-10-13-26(29(25)34)23-15-21(16-24(33)17-23)19-38-27-14-9-8-11-22(27)18-28(36)39-31(2,3)4/h8-17,20H,18-19H2,1-7H3,(H,35,37)/t20-/m1/s1. The van der Waals surface area contributed by atoms with Crippen LogP contribution in [0.15, 0.2) is 65.1 Å². The average Bonchev–Trinajstić information content (AvgIpc) is 2.80. The summed E-state index contributed by atoms with van der Waals surface area (Å²) in [6.45, 7) is 12.7. The quantitative estimate of drug-likeness (QED) is 0.259. The molecule has 8 heteroatoms. The van der Waals surface area contributed by atoms with E-state index < -0.39 is 29.2 Å². The van der Waals surface area contributed by atoms with Crippen LogP contribution in [-0.2, 0) is 27.3 Å². The minimum atomic E-state index is -0.658. The molecule has 3 aromatic carbocycles. The number of ether oxygens (including phenoxy) is 3. The SMILES string of the molecule is C[C@@H](NC(=O)OC(C)(C)C)c1cccc(-c2cc(Br)cc(COc3ccccc3CC(=O)OC(C)(C)C)c2)c1F. The second kappa shape index (κ2) is 12.9. The molecule has 0 fully saturated rings. The molecule has 0 bridgehead atoms. The molecule has 3 aromatic rings. The molecule has 6 nitrogen and oxygen atoms in total. The number of hydrogen-bond acceptors (Lipinski definition) is 5. The Morgan fingerprint density at radius 2 is 1.60 bits per heavy atom. The van der Waals surface area contributed by atoms with E-state index >= 15 is 4.39 Å². The van der Waals surface area contributed by atoms with Crippen molar-refractivity contribution >= 4 is 28.0 Å². The van der Waals surface area contributed by atoms with Crippen LogP contribution in [0, 0.1) is 5.82 Å². The fourth-order valence-corrected chi connectivity index (χ4v) is 4.58. The summed E-state index contributed by atoms with van der Waals surface area (Å²) >= 11 is 3.53. The highest BCUT2D eigenvalue weighted by Gasteiger charge is 2.22. The Balaban J connectivity index is 1.79. The summed E-state index contributed by atoms with van der Waals surface area (Å²) in [5.41, 5.74) is 1.68. The zero-order chi connectivity index (χ0) is 29.7. The van der Waals surface area contributed by atoms with E-state index in [2.05, 4.69) is 21.2 Å². The van der Waals surface area contributed by atoms with Gasteiger partial charge in [0.25, 0.3) is 0 Å². The summed E-state index contributed by atoms with van der Waals surface area (Å²) in [6, 6.07) is 17.4. The van der Waals surface area contributed by atoms with Crippen LogP contribution < -0.4 is 10.1 Å². The predicted octanol–water partition coefficient (Wildman–Crippen LogP) is 8.30. The van der Waals surface area contributed by atoms with Crippen molar-refractivity contribution in [2.45, 2.75) is 78.7 Å². The Kier molecular flexibility index (Phi) is 10.0. The normalized spacial score (nSPS) is 12.4. The molecule has 40 heavy (non-hydrogen) atoms. The predicted molar refractivity (Wildman–Crippen MR) is 158 cm³/mol. The van der Waals surface area contributed by atoms with Crippen LogP contribution in [0.25, 0.3) is 11.1 Å². The number of rotatable bonds is 8. The lowest BCUT2D eigenvalue weighted by molar-refractivity contribution is -0.153. The topological polar surface area (TPSA) is 73.9 Å². The van der Waals surface area contributed by atoms with E-state index in [4.69, 9.17) is 14.2 Å². The summed E-state index contributed by atoms with van der Waals surface area (Å²) < 4.78 is 33.3. The van der Waals surface area contributed by atoms with E-state index in [-0.39, 0.29) is 19.0 Å². The van der Waals surface area contributed by atoms with Crippen LogP contribution in [0.2, 0.25) is 0 Å². The van der Waals surface area contributed by atoms with Gasteiger partial charge in [0.2, 0.25) is 0 Å². The molecule has 0 unspecified atom stereocenters. The molecule has 0 aliphatic carbocycles. The second-order valence-electron chi connectivity index (χ2n) is 11.6. The monoisotopic (exact) mass is 613 g/mol. The maximum atomic E-state index is 15.7. The van der Waals surface area contributed by atoms with Gasteiger partial charge < -0.3 is 19.5 Å². The summed E-state index contributed by atoms with van der Waals surface area (Å²) in [7, 11) is 0. The lowest BCUT2D eigenvalue weighted by Crippen LogP contribution is -2.34. The van der Waals surface area contributed by atoms with Crippen molar-refractivity contribution in [2.24, 2.45) is 0 Å². The fraction of sp³-hybridized carbons (Fsp3) is 0.375. The van der Waals surface area contributed by atoms with Gasteiger partial charge >= 0.3 is 12.1 Å². The Hall–Kier alpha value is -3.39. The first-order valence-electron chi connectivity index (χ1n) is 13.1. The summed E-state index contributed by atoms with van der Waals surface area (Å²) in [5, 5.41) is 2.70. The van der Waals surface area contributed by atoms with Crippen LogP contribution in [-0.4, -0.2) is 23.3 Å². The maximum Gasteiger partial charge on any atom is 0.408 e. The summed E-state index contributed by atoms with van der Waals surface area (Å²) in [4.78, 5) is 24.6. The van der Waals surface area contributed by atoms with Crippen molar-refractivity contribution in [3.8, 4) is 16.9 Å². The second-order valence-corrected chi connectivity index (χ2v) is 12.5. The van der Waals surface area contributed by atoms with Gasteiger partial charge in [-0.2, -0.15) is 0 Å². The lowest BCUT2D eigenvalue weighted by atomic mass is 9.98. The minimum absolute atomic E-state index is 0.0880. The van der Waals surface area contributed by atoms with E-state index in [9.17, 15) is 9.59 Å². The van der Waals surface area contributed by atoms with Crippen molar-refractivity contribution in [3.63, 3.8) is 0 Å². The molecular formula is C32H37BrFNO5. The molecule has 3 rings (SSSR count). The first kappa shape index (κ1) is 31.1. The largest absolute Gasteiger partial charge is 0.489 e. The van der Waals surface area contributed by atoms with E-state index in [1.807, 2.05) is 57.2 Å². The number of benzene rings is 3. The van der Waals surface area contributed by atoms with Crippen LogP contribution >= 0.6 is 15.9 Å². The van der Waals surface area contributed by atoms with E-state index in [1.165, 1.54) is 0 Å². The van der Waals surface area contributed by atoms with Crippen molar-refractivity contribution in [1.29, 1.82) is 0 Å². The smallest absolute Gasteiger partial charge is 0.408 e. The van der Waals surface area contributed by atoms with Gasteiger partial charge in [0.15, 0.2) is 0 Å². The molecule has 1 N–H and O–H groups in total. The van der Waals surface area contributed by atoms with Gasteiger partial charge in [0.1, 0.15) is 29.4 Å². The molecule has 214 valence electrons. The molecule has 0 aliphatic heterocycles. The van der Waals surface area contributed by atoms with Gasteiger partial charge in [-0.15, -0.1) is 0 Å². The van der Waals surface area contributed by atoms with Crippen molar-refractivity contribution < 1.29 is 28.2 Å². The van der Waals surface area contributed by atoms with Crippen LogP contribution in [0.4, 0.5) is 9.18 Å². The van der Waals surface area contributed by atoms with Crippen LogP contribution in [0.3, 0.4) is 0 Å². The maximum absolute atomic E-state index is 15.7. The number of amides is 1. The molecular weight excluding hydrogens is 577 g/mol. The molecule has 0 saturated carbocycles. The third-order valence-electron chi connectivity index (χ3n) is 5.62. The Bertz CT molecular complexity index is 1360. The third-order valence-corrected chi connectivity index (χ3v) is 6.08. The first-order chi connectivity index (χ1) is 18.6. The highest BCUT2D eigenvalue weighted by Crippen LogP contribution is 2.32. The number of nitrogens with one attached hydrogen (secondary N) is 1. The number of para-hydroxylation sites is 1. The van der Waals surface area contributed by atoms with Crippen molar-refractivity contribution in [3.05, 3.63) is 87.6 Å². The Morgan fingerprint density at radius 3 is 2.27 bits per heavy atom. The zero-order valence-corrected chi connectivity index (χ0v) is 25.6. The molecule has 1 atom stereocenters. The number of carbonyl (C=O) groups excluding carboxylic acids is 2. The average molecular weight is 615 g/mol. The van der Waals surface area contributed by atoms with Crippen LogP contribution in [0.1, 0.15) is 71.2 Å².